The van der Waals surface area contributed by atoms with Crippen molar-refractivity contribution in [2.24, 2.45) is 11.7 Å². The number of primary amides is 1. The van der Waals surface area contributed by atoms with Crippen LogP contribution in [0.5, 0.6) is 0 Å². The summed E-state index contributed by atoms with van der Waals surface area (Å²) in [4.78, 5) is 28.7. The van der Waals surface area contributed by atoms with Crippen LogP contribution in [0, 0.1) is 11.7 Å². The number of carbonyl (C=O) groups excluding carboxylic acids is 2. The summed E-state index contributed by atoms with van der Waals surface area (Å²) in [6.07, 6.45) is 1.87. The van der Waals surface area contributed by atoms with Crippen molar-refractivity contribution in [1.82, 2.24) is 10.3 Å². The van der Waals surface area contributed by atoms with Gasteiger partial charge in [-0.05, 0) is 30.5 Å². The topological polar surface area (TPSA) is 85.1 Å². The molecule has 0 aliphatic carbocycles. The molecular weight excluding hydrogens is 297 g/mol. The van der Waals surface area contributed by atoms with E-state index in [9.17, 15) is 14.0 Å². The lowest BCUT2D eigenvalue weighted by molar-refractivity contribution is -0.126. The molecule has 5 nitrogen and oxygen atoms in total. The van der Waals surface area contributed by atoms with Gasteiger partial charge in [0.15, 0.2) is 0 Å². The molecule has 1 aromatic heterocycles. The summed E-state index contributed by atoms with van der Waals surface area (Å²) in [5.74, 6) is -1.93. The molecule has 2 rings (SSSR count). The molecule has 122 valence electrons. The van der Waals surface area contributed by atoms with Gasteiger partial charge in [0.1, 0.15) is 11.4 Å². The number of hydrogen-bond acceptors (Lipinski definition) is 3. The first-order valence-corrected chi connectivity index (χ1v) is 7.48. The van der Waals surface area contributed by atoms with E-state index in [0.29, 0.717) is 17.3 Å². The third-order valence-electron chi connectivity index (χ3n) is 4.23. The Balaban J connectivity index is 2.51. The van der Waals surface area contributed by atoms with Crippen molar-refractivity contribution < 1.29 is 14.0 Å². The van der Waals surface area contributed by atoms with Gasteiger partial charge in [0.2, 0.25) is 5.91 Å². The number of pyridine rings is 1. The number of amides is 2. The van der Waals surface area contributed by atoms with E-state index in [2.05, 4.69) is 10.3 Å². The smallest absolute Gasteiger partial charge is 0.254 e. The van der Waals surface area contributed by atoms with Gasteiger partial charge < -0.3 is 11.1 Å². The third kappa shape index (κ3) is 3.02. The van der Waals surface area contributed by atoms with Gasteiger partial charge in [-0.2, -0.15) is 0 Å². The maximum absolute atomic E-state index is 13.8. The van der Waals surface area contributed by atoms with E-state index < -0.39 is 23.2 Å². The summed E-state index contributed by atoms with van der Waals surface area (Å²) in [7, 11) is 0. The molecule has 2 amide bonds. The third-order valence-corrected chi connectivity index (χ3v) is 4.23. The molecule has 1 atom stereocenters. The van der Waals surface area contributed by atoms with Crippen molar-refractivity contribution in [3.8, 4) is 0 Å². The number of carbonyl (C=O) groups is 2. The van der Waals surface area contributed by atoms with Crippen LogP contribution in [0.4, 0.5) is 4.39 Å². The Labute approximate surface area is 134 Å². The zero-order valence-electron chi connectivity index (χ0n) is 13.4. The van der Waals surface area contributed by atoms with Crippen LogP contribution in [0.2, 0.25) is 0 Å². The largest absolute Gasteiger partial charge is 0.368 e. The number of nitrogens with two attached hydrogens (primary N) is 1. The number of benzene rings is 1. The molecule has 0 aliphatic heterocycles. The minimum atomic E-state index is -1.19. The van der Waals surface area contributed by atoms with E-state index in [1.54, 1.807) is 32.9 Å². The molecule has 6 heteroatoms. The Morgan fingerprint density at radius 3 is 2.65 bits per heavy atom. The first-order valence-electron chi connectivity index (χ1n) is 7.48. The van der Waals surface area contributed by atoms with Gasteiger partial charge in [-0.3, -0.25) is 14.6 Å². The molecule has 0 saturated carbocycles. The fourth-order valence-corrected chi connectivity index (χ4v) is 2.76. The second-order valence-corrected chi connectivity index (χ2v) is 5.83. The van der Waals surface area contributed by atoms with Crippen molar-refractivity contribution >= 4 is 22.7 Å². The lowest BCUT2D eigenvalue weighted by atomic mass is 9.82. The zero-order chi connectivity index (χ0) is 17.2. The molecule has 0 bridgehead atoms. The number of fused-ring (bicyclic) bond motifs is 1. The monoisotopic (exact) mass is 317 g/mol. The average Bonchev–Trinajstić information content (AvgIpc) is 2.50. The lowest BCUT2D eigenvalue weighted by Gasteiger charge is -2.34. The maximum atomic E-state index is 13.8. The van der Waals surface area contributed by atoms with Gasteiger partial charge in [0, 0.05) is 11.6 Å². The van der Waals surface area contributed by atoms with Crippen LogP contribution in [-0.2, 0) is 4.79 Å². The average molecular weight is 317 g/mol. The summed E-state index contributed by atoms with van der Waals surface area (Å²) in [6, 6.07) is 5.76. The Bertz CT molecular complexity index is 761. The molecule has 1 aromatic carbocycles. The van der Waals surface area contributed by atoms with Crippen molar-refractivity contribution in [2.75, 3.05) is 0 Å². The van der Waals surface area contributed by atoms with E-state index in [4.69, 9.17) is 5.73 Å². The van der Waals surface area contributed by atoms with E-state index >= 15 is 0 Å². The Kier molecular flexibility index (Phi) is 4.63. The highest BCUT2D eigenvalue weighted by molar-refractivity contribution is 6.07. The summed E-state index contributed by atoms with van der Waals surface area (Å²) in [5, 5.41) is 3.21. The van der Waals surface area contributed by atoms with E-state index in [1.165, 1.54) is 12.3 Å². The number of halogens is 1. The predicted octanol–water partition coefficient (Wildman–Crippen LogP) is 2.39. The first-order chi connectivity index (χ1) is 10.8. The van der Waals surface area contributed by atoms with Gasteiger partial charge in [0.25, 0.3) is 5.91 Å². The molecule has 2 aromatic rings. The first kappa shape index (κ1) is 16.9. The predicted molar refractivity (Wildman–Crippen MR) is 86.2 cm³/mol. The number of hydrogen-bond donors (Lipinski definition) is 2. The second-order valence-electron chi connectivity index (χ2n) is 5.83. The van der Waals surface area contributed by atoms with Crippen LogP contribution in [0.3, 0.4) is 0 Å². The van der Waals surface area contributed by atoms with E-state index in [-0.39, 0.29) is 11.5 Å². The van der Waals surface area contributed by atoms with Gasteiger partial charge in [-0.25, -0.2) is 4.39 Å². The van der Waals surface area contributed by atoms with Crippen LogP contribution in [0.15, 0.2) is 30.5 Å². The van der Waals surface area contributed by atoms with Crippen molar-refractivity contribution in [1.29, 1.82) is 0 Å². The second kappa shape index (κ2) is 6.32. The van der Waals surface area contributed by atoms with Crippen LogP contribution >= 0.6 is 0 Å². The number of rotatable bonds is 5. The lowest BCUT2D eigenvalue weighted by Crippen LogP contribution is -2.60. The summed E-state index contributed by atoms with van der Waals surface area (Å²) in [5.41, 5.74) is 4.78. The normalized spacial score (nSPS) is 13.8. The van der Waals surface area contributed by atoms with Gasteiger partial charge in [-0.1, -0.05) is 26.8 Å². The molecule has 0 spiro atoms. The minimum Gasteiger partial charge on any atom is -0.368 e. The molecule has 0 radical (unpaired) electrons. The fourth-order valence-electron chi connectivity index (χ4n) is 2.76. The Morgan fingerprint density at radius 1 is 1.39 bits per heavy atom. The summed E-state index contributed by atoms with van der Waals surface area (Å²) in [6.45, 7) is 5.37. The number of nitrogens with zero attached hydrogens (tertiary/aromatic N) is 1. The van der Waals surface area contributed by atoms with Crippen LogP contribution < -0.4 is 11.1 Å². The highest BCUT2D eigenvalue weighted by atomic mass is 19.1. The zero-order valence-corrected chi connectivity index (χ0v) is 13.4. The molecule has 0 aliphatic rings. The van der Waals surface area contributed by atoms with Crippen molar-refractivity contribution in [3.63, 3.8) is 0 Å². The van der Waals surface area contributed by atoms with Crippen LogP contribution in [-0.4, -0.2) is 22.3 Å². The highest BCUT2D eigenvalue weighted by Crippen LogP contribution is 2.24. The molecule has 3 N–H and O–H groups in total. The van der Waals surface area contributed by atoms with Gasteiger partial charge in [-0.15, -0.1) is 0 Å². The van der Waals surface area contributed by atoms with E-state index in [1.807, 2.05) is 0 Å². The van der Waals surface area contributed by atoms with Gasteiger partial charge >= 0.3 is 0 Å². The highest BCUT2D eigenvalue weighted by Gasteiger charge is 2.40. The quantitative estimate of drug-likeness (QED) is 0.888. The van der Waals surface area contributed by atoms with Crippen LogP contribution in [0.25, 0.3) is 10.9 Å². The van der Waals surface area contributed by atoms with E-state index in [0.717, 1.165) is 6.07 Å². The van der Waals surface area contributed by atoms with Gasteiger partial charge in [0.05, 0.1) is 11.1 Å². The Hall–Kier alpha value is -2.50. The number of aromatic nitrogens is 1. The summed E-state index contributed by atoms with van der Waals surface area (Å²) >= 11 is 0. The maximum Gasteiger partial charge on any atom is 0.254 e. The fraction of sp³-hybridized carbons (Fsp3) is 0.353. The Morgan fingerprint density at radius 2 is 2.09 bits per heavy atom. The molecule has 1 heterocycles. The molecule has 0 fully saturated rings. The molecule has 23 heavy (non-hydrogen) atoms. The van der Waals surface area contributed by atoms with Crippen molar-refractivity contribution in [3.05, 3.63) is 41.8 Å². The standard InChI is InChI=1S/C17H20FN3O2/c1-4-17(10(2)3,16(19)23)21-15(22)13-9-12(18)8-11-6-5-7-20-14(11)13/h5-10H,4H2,1-3H3,(H2,19,23)(H,21,22)/t17-/m0/s1. The molecular formula is C17H20FN3O2. The number of nitrogens with one attached hydrogen (secondary N) is 1. The SMILES string of the molecule is CC[C@@](NC(=O)c1cc(F)cc2cccnc12)(C(N)=O)C(C)C. The minimum absolute atomic E-state index is 0.0836. The molecule has 0 unspecified atom stereocenters. The van der Waals surface area contributed by atoms with Crippen molar-refractivity contribution in [2.45, 2.75) is 32.7 Å². The van der Waals surface area contributed by atoms with Crippen LogP contribution in [0.1, 0.15) is 37.6 Å². The molecule has 0 saturated heterocycles. The summed E-state index contributed by atoms with van der Waals surface area (Å²) < 4.78 is 13.8.